The number of aryl methyl sites for hydroxylation is 1. The van der Waals surface area contributed by atoms with E-state index >= 15 is 0 Å². The first-order valence-corrected chi connectivity index (χ1v) is 7.18. The minimum atomic E-state index is 0.299. The number of aromatic nitrogens is 2. The van der Waals surface area contributed by atoms with Crippen LogP contribution < -0.4 is 0 Å². The summed E-state index contributed by atoms with van der Waals surface area (Å²) in [5, 5.41) is 0. The van der Waals surface area contributed by atoms with Gasteiger partial charge in [0.1, 0.15) is 0 Å². The number of imidazole rings is 1. The van der Waals surface area contributed by atoms with Gasteiger partial charge in [-0.05, 0) is 53.0 Å². The Morgan fingerprint density at radius 1 is 1.33 bits per heavy atom. The molecule has 1 aliphatic heterocycles. The maximum atomic E-state index is 4.32. The summed E-state index contributed by atoms with van der Waals surface area (Å²) in [6.07, 6.45) is 8.19. The monoisotopic (exact) mass is 249 g/mol. The van der Waals surface area contributed by atoms with E-state index in [1.165, 1.54) is 32.4 Å². The quantitative estimate of drug-likeness (QED) is 0.803. The van der Waals surface area contributed by atoms with Gasteiger partial charge in [-0.15, -0.1) is 0 Å². The molecule has 0 amide bonds. The van der Waals surface area contributed by atoms with Crippen molar-refractivity contribution in [3.63, 3.8) is 0 Å². The second-order valence-corrected chi connectivity index (χ2v) is 6.69. The minimum Gasteiger partial charge on any atom is -0.337 e. The van der Waals surface area contributed by atoms with E-state index in [0.717, 1.165) is 18.2 Å². The van der Waals surface area contributed by atoms with Crippen molar-refractivity contribution in [2.75, 3.05) is 13.1 Å². The van der Waals surface area contributed by atoms with Crippen LogP contribution in [0.15, 0.2) is 12.5 Å². The molecule has 2 rings (SSSR count). The van der Waals surface area contributed by atoms with Crippen LogP contribution in [0.3, 0.4) is 0 Å². The molecule has 3 heteroatoms. The molecule has 1 unspecified atom stereocenters. The van der Waals surface area contributed by atoms with Gasteiger partial charge in [0, 0.05) is 24.8 Å². The molecule has 0 spiro atoms. The summed E-state index contributed by atoms with van der Waals surface area (Å²) >= 11 is 0. The van der Waals surface area contributed by atoms with E-state index in [1.54, 1.807) is 0 Å². The topological polar surface area (TPSA) is 21.1 Å². The lowest BCUT2D eigenvalue weighted by atomic mass is 10.0. The third-order valence-electron chi connectivity index (χ3n) is 3.95. The summed E-state index contributed by atoms with van der Waals surface area (Å²) in [5.41, 5.74) is 1.42. The predicted octanol–water partition coefficient (Wildman–Crippen LogP) is 3.09. The maximum absolute atomic E-state index is 4.32. The molecule has 1 aromatic heterocycles. The third kappa shape index (κ3) is 3.58. The van der Waals surface area contributed by atoms with Crippen LogP contribution in [-0.4, -0.2) is 33.1 Å². The highest BCUT2D eigenvalue weighted by molar-refractivity contribution is 4.93. The van der Waals surface area contributed by atoms with Crippen LogP contribution >= 0.6 is 0 Å². The van der Waals surface area contributed by atoms with E-state index in [1.807, 2.05) is 6.33 Å². The molecule has 1 saturated heterocycles. The van der Waals surface area contributed by atoms with Crippen molar-refractivity contribution in [2.24, 2.45) is 5.92 Å². The summed E-state index contributed by atoms with van der Waals surface area (Å²) in [5.74, 6) is 0.764. The molecule has 0 aliphatic carbocycles. The fourth-order valence-corrected chi connectivity index (χ4v) is 2.86. The molecule has 0 radical (unpaired) electrons. The standard InChI is InChI=1S/C15H27N3/c1-13-9-17(12-16-13)10-14-7-5-6-8-18(11-14)15(2,3)4/h9,12,14H,5-8,10-11H2,1-4H3. The molecule has 1 atom stereocenters. The van der Waals surface area contributed by atoms with Crippen molar-refractivity contribution in [1.82, 2.24) is 14.5 Å². The summed E-state index contributed by atoms with van der Waals surface area (Å²) in [6, 6.07) is 0. The average Bonchev–Trinajstić information content (AvgIpc) is 2.53. The Morgan fingerprint density at radius 3 is 2.72 bits per heavy atom. The summed E-state index contributed by atoms with van der Waals surface area (Å²) in [6.45, 7) is 12.6. The second-order valence-electron chi connectivity index (χ2n) is 6.69. The average molecular weight is 249 g/mol. The molecule has 3 nitrogen and oxygen atoms in total. The lowest BCUT2D eigenvalue weighted by Crippen LogP contribution is -2.44. The molecule has 2 heterocycles. The summed E-state index contributed by atoms with van der Waals surface area (Å²) in [4.78, 5) is 6.97. The van der Waals surface area contributed by atoms with Gasteiger partial charge in [-0.3, -0.25) is 4.90 Å². The van der Waals surface area contributed by atoms with E-state index in [4.69, 9.17) is 0 Å². The fraction of sp³-hybridized carbons (Fsp3) is 0.800. The Labute approximate surface area is 111 Å². The van der Waals surface area contributed by atoms with Gasteiger partial charge in [-0.1, -0.05) is 6.42 Å². The number of nitrogens with zero attached hydrogens (tertiary/aromatic N) is 3. The van der Waals surface area contributed by atoms with E-state index in [-0.39, 0.29) is 0 Å². The Bertz CT molecular complexity index is 375. The summed E-state index contributed by atoms with van der Waals surface area (Å²) in [7, 11) is 0. The normalized spacial score (nSPS) is 23.0. The van der Waals surface area contributed by atoms with Gasteiger partial charge < -0.3 is 4.57 Å². The van der Waals surface area contributed by atoms with Gasteiger partial charge in [0.05, 0.1) is 12.0 Å². The smallest absolute Gasteiger partial charge is 0.0949 e. The van der Waals surface area contributed by atoms with Crippen molar-refractivity contribution in [3.8, 4) is 0 Å². The molecular formula is C15H27N3. The number of likely N-dealkylation sites (tertiary alicyclic amines) is 1. The van der Waals surface area contributed by atoms with Gasteiger partial charge in [0.15, 0.2) is 0 Å². The zero-order valence-electron chi connectivity index (χ0n) is 12.3. The minimum absolute atomic E-state index is 0.299. The molecular weight excluding hydrogens is 222 g/mol. The number of hydrogen-bond acceptors (Lipinski definition) is 2. The van der Waals surface area contributed by atoms with Gasteiger partial charge in [0.2, 0.25) is 0 Å². The number of rotatable bonds is 2. The van der Waals surface area contributed by atoms with Crippen LogP contribution in [0.5, 0.6) is 0 Å². The van der Waals surface area contributed by atoms with Crippen LogP contribution in [0.1, 0.15) is 45.7 Å². The molecule has 1 aromatic rings. The van der Waals surface area contributed by atoms with Crippen molar-refractivity contribution in [2.45, 2.75) is 59.0 Å². The SMILES string of the molecule is Cc1cn(CC2CCCCN(C(C)(C)C)C2)cn1. The Kier molecular flexibility index (Phi) is 4.10. The molecule has 0 saturated carbocycles. The van der Waals surface area contributed by atoms with Crippen LogP contribution in [0.2, 0.25) is 0 Å². The molecule has 0 aromatic carbocycles. The maximum Gasteiger partial charge on any atom is 0.0949 e. The Hall–Kier alpha value is -0.830. The molecule has 0 N–H and O–H groups in total. The van der Waals surface area contributed by atoms with Crippen LogP contribution in [0.25, 0.3) is 0 Å². The Morgan fingerprint density at radius 2 is 2.11 bits per heavy atom. The van der Waals surface area contributed by atoms with Crippen LogP contribution in [0, 0.1) is 12.8 Å². The molecule has 0 bridgehead atoms. The molecule has 18 heavy (non-hydrogen) atoms. The van der Waals surface area contributed by atoms with E-state index in [9.17, 15) is 0 Å². The molecule has 1 fully saturated rings. The van der Waals surface area contributed by atoms with Gasteiger partial charge in [-0.2, -0.15) is 0 Å². The van der Waals surface area contributed by atoms with Gasteiger partial charge in [-0.25, -0.2) is 4.98 Å². The third-order valence-corrected chi connectivity index (χ3v) is 3.95. The first-order chi connectivity index (χ1) is 8.45. The highest BCUT2D eigenvalue weighted by atomic mass is 15.2. The van der Waals surface area contributed by atoms with E-state index in [0.29, 0.717) is 5.54 Å². The molecule has 1 aliphatic rings. The summed E-state index contributed by atoms with van der Waals surface area (Å²) < 4.78 is 2.26. The van der Waals surface area contributed by atoms with Gasteiger partial charge in [0.25, 0.3) is 0 Å². The fourth-order valence-electron chi connectivity index (χ4n) is 2.86. The zero-order chi connectivity index (χ0) is 13.2. The van der Waals surface area contributed by atoms with E-state index in [2.05, 4.69) is 48.3 Å². The highest BCUT2D eigenvalue weighted by Gasteiger charge is 2.26. The first-order valence-electron chi connectivity index (χ1n) is 7.18. The zero-order valence-corrected chi connectivity index (χ0v) is 12.3. The lowest BCUT2D eigenvalue weighted by Gasteiger charge is -2.36. The number of hydrogen-bond donors (Lipinski definition) is 0. The van der Waals surface area contributed by atoms with Crippen molar-refractivity contribution in [1.29, 1.82) is 0 Å². The lowest BCUT2D eigenvalue weighted by molar-refractivity contribution is 0.119. The predicted molar refractivity (Wildman–Crippen MR) is 75.6 cm³/mol. The van der Waals surface area contributed by atoms with Crippen molar-refractivity contribution in [3.05, 3.63) is 18.2 Å². The van der Waals surface area contributed by atoms with Gasteiger partial charge >= 0.3 is 0 Å². The largest absolute Gasteiger partial charge is 0.337 e. The van der Waals surface area contributed by atoms with Crippen molar-refractivity contribution >= 4 is 0 Å². The second kappa shape index (κ2) is 5.43. The molecule has 102 valence electrons. The van der Waals surface area contributed by atoms with Crippen LogP contribution in [0.4, 0.5) is 0 Å². The first kappa shape index (κ1) is 13.6. The van der Waals surface area contributed by atoms with Crippen molar-refractivity contribution < 1.29 is 0 Å². The highest BCUT2D eigenvalue weighted by Crippen LogP contribution is 2.24. The Balaban J connectivity index is 1.99. The van der Waals surface area contributed by atoms with Crippen LogP contribution in [-0.2, 0) is 6.54 Å². The van der Waals surface area contributed by atoms with E-state index < -0.39 is 0 Å².